The lowest BCUT2D eigenvalue weighted by atomic mass is 10.0. The number of hydrogen-bond donors (Lipinski definition) is 0. The Balaban J connectivity index is 1.60. The van der Waals surface area contributed by atoms with Gasteiger partial charge in [-0.25, -0.2) is 9.99 Å². The summed E-state index contributed by atoms with van der Waals surface area (Å²) in [6, 6.07) is 22.1. The van der Waals surface area contributed by atoms with Crippen LogP contribution in [-0.2, 0) is 0 Å². The number of benzene rings is 2. The average molecular weight is 385 g/mol. The molecule has 2 heterocycles. The number of hydrogen-bond acceptors (Lipinski definition) is 5. The van der Waals surface area contributed by atoms with Crippen LogP contribution in [0, 0.1) is 0 Å². The first-order chi connectivity index (χ1) is 14.3. The molecular formula is C24H23N3O2. The van der Waals surface area contributed by atoms with Gasteiger partial charge in [-0.1, -0.05) is 36.4 Å². The van der Waals surface area contributed by atoms with E-state index in [0.29, 0.717) is 0 Å². The van der Waals surface area contributed by atoms with E-state index in [4.69, 9.17) is 14.6 Å². The number of aromatic nitrogens is 1. The van der Waals surface area contributed by atoms with Gasteiger partial charge in [0.2, 0.25) is 0 Å². The molecule has 5 nitrogen and oxygen atoms in total. The number of nitrogens with zero attached hydrogens (tertiary/aromatic N) is 3. The van der Waals surface area contributed by atoms with Crippen molar-refractivity contribution >= 4 is 17.6 Å². The lowest BCUT2D eigenvalue weighted by molar-refractivity contribution is 0.414. The quantitative estimate of drug-likeness (QED) is 0.591. The molecule has 0 spiro atoms. The fourth-order valence-corrected chi connectivity index (χ4v) is 3.33. The molecule has 5 heteroatoms. The zero-order chi connectivity index (χ0) is 20.1. The van der Waals surface area contributed by atoms with E-state index in [9.17, 15) is 0 Å². The van der Waals surface area contributed by atoms with Crippen molar-refractivity contribution in [3.05, 3.63) is 90.1 Å². The van der Waals surface area contributed by atoms with Crippen molar-refractivity contribution in [1.29, 1.82) is 0 Å². The highest BCUT2D eigenvalue weighted by molar-refractivity contribution is 6.01. The molecule has 29 heavy (non-hydrogen) atoms. The van der Waals surface area contributed by atoms with E-state index in [1.807, 2.05) is 59.6 Å². The first-order valence-electron chi connectivity index (χ1n) is 9.50. The first-order valence-corrected chi connectivity index (χ1v) is 9.50. The molecular weight excluding hydrogens is 362 g/mol. The Kier molecular flexibility index (Phi) is 5.56. The fraction of sp³-hybridized carbons (Fsp3) is 0.167. The number of methoxy groups -OCH3 is 2. The van der Waals surface area contributed by atoms with E-state index < -0.39 is 0 Å². The SMILES string of the molecule is COc1ccc(C=CC2=NN(c3ccccn3)C(c3ccc(OC)cc3)C2)cc1. The van der Waals surface area contributed by atoms with Crippen LogP contribution < -0.4 is 14.5 Å². The Hall–Kier alpha value is -3.60. The zero-order valence-electron chi connectivity index (χ0n) is 16.5. The molecule has 0 N–H and O–H groups in total. The predicted molar refractivity (Wildman–Crippen MR) is 117 cm³/mol. The molecule has 0 radical (unpaired) electrons. The number of ether oxygens (including phenoxy) is 2. The van der Waals surface area contributed by atoms with Crippen molar-refractivity contribution in [2.45, 2.75) is 12.5 Å². The lowest BCUT2D eigenvalue weighted by Crippen LogP contribution is -2.19. The van der Waals surface area contributed by atoms with Gasteiger partial charge in [0.15, 0.2) is 0 Å². The summed E-state index contributed by atoms with van der Waals surface area (Å²) in [5.74, 6) is 2.53. The maximum absolute atomic E-state index is 5.29. The van der Waals surface area contributed by atoms with Gasteiger partial charge in [-0.2, -0.15) is 5.10 Å². The van der Waals surface area contributed by atoms with Crippen molar-refractivity contribution in [1.82, 2.24) is 4.98 Å². The number of hydrazone groups is 1. The highest BCUT2D eigenvalue weighted by atomic mass is 16.5. The van der Waals surface area contributed by atoms with E-state index in [1.165, 1.54) is 5.56 Å². The molecule has 0 amide bonds. The van der Waals surface area contributed by atoms with Gasteiger partial charge >= 0.3 is 0 Å². The van der Waals surface area contributed by atoms with Crippen LogP contribution in [0.4, 0.5) is 5.82 Å². The van der Waals surface area contributed by atoms with Crippen LogP contribution in [0.15, 0.2) is 84.1 Å². The number of allylic oxidation sites excluding steroid dienone is 1. The minimum absolute atomic E-state index is 0.0892. The molecule has 3 aromatic rings. The third-order valence-corrected chi connectivity index (χ3v) is 4.90. The largest absolute Gasteiger partial charge is 0.497 e. The second kappa shape index (κ2) is 8.61. The van der Waals surface area contributed by atoms with Crippen LogP contribution >= 0.6 is 0 Å². The van der Waals surface area contributed by atoms with Crippen molar-refractivity contribution in [2.24, 2.45) is 5.10 Å². The van der Waals surface area contributed by atoms with Gasteiger partial charge in [-0.15, -0.1) is 0 Å². The smallest absolute Gasteiger partial charge is 0.149 e. The van der Waals surface area contributed by atoms with E-state index >= 15 is 0 Å². The third-order valence-electron chi connectivity index (χ3n) is 4.90. The van der Waals surface area contributed by atoms with Crippen LogP contribution in [0.25, 0.3) is 6.08 Å². The Morgan fingerprint density at radius 1 is 0.862 bits per heavy atom. The molecule has 2 aromatic carbocycles. The van der Waals surface area contributed by atoms with Crippen molar-refractivity contribution < 1.29 is 9.47 Å². The molecule has 0 fully saturated rings. The van der Waals surface area contributed by atoms with Crippen LogP contribution in [0.1, 0.15) is 23.6 Å². The second-order valence-corrected chi connectivity index (χ2v) is 6.72. The van der Waals surface area contributed by atoms with Crippen LogP contribution in [-0.4, -0.2) is 24.9 Å². The summed E-state index contributed by atoms with van der Waals surface area (Å²) in [6.07, 6.45) is 6.74. The standard InChI is InChI=1S/C24H23N3O2/c1-28-21-12-7-18(8-13-21)6-11-20-17-23(19-9-14-22(29-2)15-10-19)27(26-20)24-5-3-4-16-25-24/h3-16,23H,17H2,1-2H3. The predicted octanol–water partition coefficient (Wildman–Crippen LogP) is 5.12. The summed E-state index contributed by atoms with van der Waals surface area (Å²) < 4.78 is 10.5. The minimum Gasteiger partial charge on any atom is -0.497 e. The summed E-state index contributed by atoms with van der Waals surface area (Å²) in [6.45, 7) is 0. The summed E-state index contributed by atoms with van der Waals surface area (Å²) >= 11 is 0. The van der Waals surface area contributed by atoms with Crippen molar-refractivity contribution in [3.8, 4) is 11.5 Å². The highest BCUT2D eigenvalue weighted by Crippen LogP contribution is 2.35. The van der Waals surface area contributed by atoms with E-state index in [-0.39, 0.29) is 6.04 Å². The third kappa shape index (κ3) is 4.29. The molecule has 4 rings (SSSR count). The van der Waals surface area contributed by atoms with E-state index in [2.05, 4.69) is 29.3 Å². The van der Waals surface area contributed by atoms with Crippen LogP contribution in [0.2, 0.25) is 0 Å². The van der Waals surface area contributed by atoms with Gasteiger partial charge in [0.25, 0.3) is 0 Å². The molecule has 1 atom stereocenters. The van der Waals surface area contributed by atoms with Crippen molar-refractivity contribution in [3.63, 3.8) is 0 Å². The lowest BCUT2D eigenvalue weighted by Gasteiger charge is -2.23. The Labute approximate surface area is 170 Å². The summed E-state index contributed by atoms with van der Waals surface area (Å²) in [5, 5.41) is 6.85. The van der Waals surface area contributed by atoms with E-state index in [1.54, 1.807) is 20.4 Å². The molecule has 1 aromatic heterocycles. The Bertz CT molecular complexity index is 997. The number of anilines is 1. The normalized spacial score (nSPS) is 16.1. The summed E-state index contributed by atoms with van der Waals surface area (Å²) in [5.41, 5.74) is 3.28. The maximum atomic E-state index is 5.29. The number of pyridine rings is 1. The van der Waals surface area contributed by atoms with Crippen molar-refractivity contribution in [2.75, 3.05) is 19.2 Å². The topological polar surface area (TPSA) is 47.0 Å². The van der Waals surface area contributed by atoms with E-state index in [0.717, 1.165) is 35.0 Å². The molecule has 0 bridgehead atoms. The Morgan fingerprint density at radius 2 is 1.55 bits per heavy atom. The molecule has 1 aliphatic rings. The van der Waals surface area contributed by atoms with Crippen LogP contribution in [0.3, 0.4) is 0 Å². The molecule has 1 aliphatic heterocycles. The zero-order valence-corrected chi connectivity index (χ0v) is 16.5. The van der Waals surface area contributed by atoms with Gasteiger partial charge < -0.3 is 9.47 Å². The van der Waals surface area contributed by atoms with Gasteiger partial charge in [0.1, 0.15) is 17.3 Å². The summed E-state index contributed by atoms with van der Waals surface area (Å²) in [7, 11) is 3.35. The monoisotopic (exact) mass is 385 g/mol. The molecule has 146 valence electrons. The minimum atomic E-state index is 0.0892. The molecule has 0 saturated carbocycles. The summed E-state index contributed by atoms with van der Waals surface area (Å²) in [4.78, 5) is 4.50. The number of rotatable bonds is 6. The molecule has 1 unspecified atom stereocenters. The second-order valence-electron chi connectivity index (χ2n) is 6.72. The first kappa shape index (κ1) is 18.7. The average Bonchev–Trinajstić information content (AvgIpc) is 3.23. The molecule has 0 saturated heterocycles. The van der Waals surface area contributed by atoms with Gasteiger partial charge in [0, 0.05) is 12.6 Å². The van der Waals surface area contributed by atoms with Gasteiger partial charge in [-0.3, -0.25) is 0 Å². The maximum Gasteiger partial charge on any atom is 0.149 e. The Morgan fingerprint density at radius 3 is 2.17 bits per heavy atom. The molecule has 0 aliphatic carbocycles. The van der Waals surface area contributed by atoms with Crippen LogP contribution in [0.5, 0.6) is 11.5 Å². The van der Waals surface area contributed by atoms with Gasteiger partial charge in [-0.05, 0) is 53.6 Å². The fourth-order valence-electron chi connectivity index (χ4n) is 3.33. The highest BCUT2D eigenvalue weighted by Gasteiger charge is 2.28. The van der Waals surface area contributed by atoms with Gasteiger partial charge in [0.05, 0.1) is 26.0 Å².